The van der Waals surface area contributed by atoms with Crippen LogP contribution in [0.15, 0.2) is 41.8 Å². The fourth-order valence-electron chi connectivity index (χ4n) is 2.00. The number of alkyl halides is 3. The molecule has 2 aromatic carbocycles. The van der Waals surface area contributed by atoms with Crippen LogP contribution < -0.4 is 0 Å². The molecule has 0 atom stereocenters. The minimum atomic E-state index is -4.81. The average Bonchev–Trinajstić information content (AvgIpc) is 2.48. The molecule has 0 aliphatic heterocycles. The molecule has 0 bridgehead atoms. The minimum absolute atomic E-state index is 0.127. The van der Waals surface area contributed by atoms with Crippen LogP contribution >= 0.6 is 23.2 Å². The number of hydrogen-bond acceptors (Lipinski definition) is 2. The minimum Gasteiger partial charge on any atom is -0.224 e. The summed E-state index contributed by atoms with van der Waals surface area (Å²) in [7, 11) is -3.91. The van der Waals surface area contributed by atoms with Gasteiger partial charge in [-0.25, -0.2) is 12.8 Å². The van der Waals surface area contributed by atoms with Gasteiger partial charge in [-0.1, -0.05) is 35.3 Å². The van der Waals surface area contributed by atoms with Crippen molar-refractivity contribution in [3.8, 4) is 0 Å². The van der Waals surface area contributed by atoms with Crippen molar-refractivity contribution < 1.29 is 26.0 Å². The Morgan fingerprint density at radius 1 is 1.04 bits per heavy atom. The van der Waals surface area contributed by atoms with Crippen molar-refractivity contribution in [2.24, 2.45) is 0 Å². The lowest BCUT2D eigenvalue weighted by Gasteiger charge is -2.10. The van der Waals surface area contributed by atoms with E-state index in [1.807, 2.05) is 0 Å². The van der Waals surface area contributed by atoms with Crippen molar-refractivity contribution in [3.63, 3.8) is 0 Å². The summed E-state index contributed by atoms with van der Waals surface area (Å²) in [5.41, 5.74) is -1.46. The zero-order chi connectivity index (χ0) is 18.8. The topological polar surface area (TPSA) is 34.1 Å². The second-order valence-corrected chi connectivity index (χ2v) is 7.81. The number of halogens is 6. The predicted octanol–water partition coefficient (Wildman–Crippen LogP) is 5.74. The highest BCUT2D eigenvalue weighted by molar-refractivity contribution is 7.93. The van der Waals surface area contributed by atoms with Gasteiger partial charge in [0.15, 0.2) is 9.84 Å². The van der Waals surface area contributed by atoms with E-state index in [1.165, 1.54) is 18.2 Å². The van der Waals surface area contributed by atoms with Gasteiger partial charge >= 0.3 is 6.18 Å². The summed E-state index contributed by atoms with van der Waals surface area (Å²) in [6.45, 7) is 0. The SMILES string of the molecule is O=S(=O)(/C=C/c1ccc(F)cc1C(F)(F)F)Cc1ccc(Cl)cc1Cl. The molecule has 0 aliphatic carbocycles. The third-order valence-electron chi connectivity index (χ3n) is 3.15. The quantitative estimate of drug-likeness (QED) is 0.600. The van der Waals surface area contributed by atoms with Gasteiger partial charge in [0.25, 0.3) is 0 Å². The zero-order valence-corrected chi connectivity index (χ0v) is 14.6. The normalized spacial score (nSPS) is 12.7. The van der Waals surface area contributed by atoms with Gasteiger partial charge in [-0.3, -0.25) is 0 Å². The average molecular weight is 413 g/mol. The molecule has 2 aromatic rings. The lowest BCUT2D eigenvalue weighted by Crippen LogP contribution is -2.08. The van der Waals surface area contributed by atoms with Crippen LogP contribution in [0.2, 0.25) is 10.0 Å². The molecule has 0 spiro atoms. The Bertz CT molecular complexity index is 922. The van der Waals surface area contributed by atoms with Crippen LogP contribution in [0.3, 0.4) is 0 Å². The van der Waals surface area contributed by atoms with E-state index in [0.717, 1.165) is 18.2 Å². The first-order valence-corrected chi connectivity index (χ1v) is 9.16. The van der Waals surface area contributed by atoms with Gasteiger partial charge in [-0.05, 0) is 41.5 Å². The molecule has 134 valence electrons. The molecule has 0 radical (unpaired) electrons. The van der Waals surface area contributed by atoms with Crippen LogP contribution in [0.1, 0.15) is 16.7 Å². The molecule has 0 fully saturated rings. The van der Waals surface area contributed by atoms with Gasteiger partial charge in [-0.2, -0.15) is 13.2 Å². The van der Waals surface area contributed by atoms with Gasteiger partial charge in [0.1, 0.15) is 5.82 Å². The Balaban J connectivity index is 2.32. The molecular weight excluding hydrogens is 403 g/mol. The fourth-order valence-corrected chi connectivity index (χ4v) is 3.69. The van der Waals surface area contributed by atoms with Crippen LogP contribution in [-0.2, 0) is 21.8 Å². The second kappa shape index (κ2) is 7.35. The highest BCUT2D eigenvalue weighted by atomic mass is 35.5. The highest BCUT2D eigenvalue weighted by Crippen LogP contribution is 2.33. The molecule has 0 aliphatic rings. The molecule has 0 saturated heterocycles. The lowest BCUT2D eigenvalue weighted by molar-refractivity contribution is -0.137. The Hall–Kier alpha value is -1.57. The highest BCUT2D eigenvalue weighted by Gasteiger charge is 2.33. The smallest absolute Gasteiger partial charge is 0.224 e. The lowest BCUT2D eigenvalue weighted by atomic mass is 10.1. The number of benzene rings is 2. The maximum Gasteiger partial charge on any atom is 0.417 e. The van der Waals surface area contributed by atoms with Crippen LogP contribution in [-0.4, -0.2) is 8.42 Å². The first kappa shape index (κ1) is 19.8. The van der Waals surface area contributed by atoms with E-state index < -0.39 is 38.7 Å². The molecule has 0 saturated carbocycles. The molecule has 2 rings (SSSR count). The summed E-state index contributed by atoms with van der Waals surface area (Å²) in [6, 6.07) is 6.21. The first-order valence-electron chi connectivity index (χ1n) is 6.69. The number of rotatable bonds is 4. The van der Waals surface area contributed by atoms with Crippen LogP contribution in [0.5, 0.6) is 0 Å². The largest absolute Gasteiger partial charge is 0.417 e. The molecule has 0 unspecified atom stereocenters. The van der Waals surface area contributed by atoms with Crippen LogP contribution in [0, 0.1) is 5.82 Å². The van der Waals surface area contributed by atoms with Crippen molar-refractivity contribution in [2.45, 2.75) is 11.9 Å². The van der Waals surface area contributed by atoms with Gasteiger partial charge in [-0.15, -0.1) is 0 Å². The maximum absolute atomic E-state index is 13.0. The van der Waals surface area contributed by atoms with Crippen molar-refractivity contribution in [1.29, 1.82) is 0 Å². The Morgan fingerprint density at radius 3 is 2.32 bits per heavy atom. The predicted molar refractivity (Wildman–Crippen MR) is 89.5 cm³/mol. The van der Waals surface area contributed by atoms with Crippen molar-refractivity contribution in [1.82, 2.24) is 0 Å². The Kier molecular flexibility index (Phi) is 5.81. The molecule has 25 heavy (non-hydrogen) atoms. The molecule has 0 amide bonds. The molecular formula is C16H10Cl2F4O2S. The summed E-state index contributed by atoms with van der Waals surface area (Å²) >= 11 is 11.6. The standard InChI is InChI=1S/C16H10Cl2F4O2S/c17-12-3-1-11(15(18)7-12)9-25(23,24)6-5-10-2-4-13(19)8-14(10)16(20,21)22/h1-8H,9H2/b6-5+. The Labute approximate surface area is 151 Å². The summed E-state index contributed by atoms with van der Waals surface area (Å²) in [5, 5.41) is 1.09. The van der Waals surface area contributed by atoms with Crippen LogP contribution in [0.4, 0.5) is 17.6 Å². The number of sulfone groups is 1. The summed E-state index contributed by atoms with van der Waals surface area (Å²) in [4.78, 5) is 0. The summed E-state index contributed by atoms with van der Waals surface area (Å²) in [6.07, 6.45) is -4.04. The zero-order valence-electron chi connectivity index (χ0n) is 12.3. The van der Waals surface area contributed by atoms with Crippen molar-refractivity contribution >= 4 is 39.1 Å². The monoisotopic (exact) mass is 412 g/mol. The molecule has 9 heteroatoms. The molecule has 2 nitrogen and oxygen atoms in total. The van der Waals surface area contributed by atoms with Gasteiger partial charge in [0.05, 0.1) is 11.3 Å². The third kappa shape index (κ3) is 5.45. The molecule has 0 aromatic heterocycles. The van der Waals surface area contributed by atoms with E-state index in [2.05, 4.69) is 0 Å². The third-order valence-corrected chi connectivity index (χ3v) is 5.00. The number of hydrogen-bond donors (Lipinski definition) is 0. The second-order valence-electron chi connectivity index (χ2n) is 5.08. The van der Waals surface area contributed by atoms with E-state index in [0.29, 0.717) is 16.5 Å². The maximum atomic E-state index is 13.0. The van der Waals surface area contributed by atoms with E-state index in [1.54, 1.807) is 0 Å². The van der Waals surface area contributed by atoms with E-state index in [4.69, 9.17) is 23.2 Å². The van der Waals surface area contributed by atoms with Crippen molar-refractivity contribution in [2.75, 3.05) is 0 Å². The fraction of sp³-hybridized carbons (Fsp3) is 0.125. The van der Waals surface area contributed by atoms with Gasteiger partial charge in [0.2, 0.25) is 0 Å². The van der Waals surface area contributed by atoms with E-state index in [-0.39, 0.29) is 10.6 Å². The van der Waals surface area contributed by atoms with Gasteiger partial charge in [0, 0.05) is 15.5 Å². The van der Waals surface area contributed by atoms with Gasteiger partial charge < -0.3 is 0 Å². The first-order chi connectivity index (χ1) is 11.5. The summed E-state index contributed by atoms with van der Waals surface area (Å²) < 4.78 is 76.0. The summed E-state index contributed by atoms with van der Waals surface area (Å²) in [5.74, 6) is -1.58. The molecule has 0 heterocycles. The van der Waals surface area contributed by atoms with Crippen LogP contribution in [0.25, 0.3) is 6.08 Å². The Morgan fingerprint density at radius 2 is 1.72 bits per heavy atom. The van der Waals surface area contributed by atoms with E-state index >= 15 is 0 Å². The van der Waals surface area contributed by atoms with E-state index in [9.17, 15) is 26.0 Å². The molecule has 0 N–H and O–H groups in total. The van der Waals surface area contributed by atoms with Crippen molar-refractivity contribution in [3.05, 3.63) is 74.4 Å².